The maximum atomic E-state index is 12.0. The minimum Gasteiger partial charge on any atom is -0.493 e. The fourth-order valence-electron chi connectivity index (χ4n) is 2.12. The molecular weight excluding hydrogens is 386 g/mol. The summed E-state index contributed by atoms with van der Waals surface area (Å²) in [6.07, 6.45) is 3.76. The Kier molecular flexibility index (Phi) is 7.22. The van der Waals surface area contributed by atoms with Crippen molar-refractivity contribution in [1.82, 2.24) is 0 Å². The summed E-state index contributed by atoms with van der Waals surface area (Å²) in [5, 5.41) is 3.40. The lowest BCUT2D eigenvalue weighted by Crippen LogP contribution is -2.09. The first kappa shape index (κ1) is 18.7. The summed E-state index contributed by atoms with van der Waals surface area (Å²) in [5.74, 6) is 0.908. The van der Waals surface area contributed by atoms with Gasteiger partial charge in [0.1, 0.15) is 0 Å². The highest BCUT2D eigenvalue weighted by atomic mass is 79.9. The van der Waals surface area contributed by atoms with Gasteiger partial charge >= 0.3 is 0 Å². The molecular formula is C19H18BrNO4. The molecule has 0 bridgehead atoms. The monoisotopic (exact) mass is 403 g/mol. The van der Waals surface area contributed by atoms with Gasteiger partial charge in [-0.05, 0) is 35.9 Å². The molecule has 0 unspecified atom stereocenters. The van der Waals surface area contributed by atoms with Crippen LogP contribution in [0.4, 0.5) is 5.69 Å². The molecule has 1 N–H and O–H groups in total. The van der Waals surface area contributed by atoms with Crippen molar-refractivity contribution in [1.29, 1.82) is 0 Å². The SMILES string of the molecule is COc1cc(/C=C/C(=O)Nc2ccccc2C=O)ccc1OCCBr. The van der Waals surface area contributed by atoms with Gasteiger partial charge in [-0.25, -0.2) is 0 Å². The lowest BCUT2D eigenvalue weighted by atomic mass is 10.1. The van der Waals surface area contributed by atoms with Gasteiger partial charge in [0.2, 0.25) is 5.91 Å². The number of rotatable bonds is 8. The molecule has 0 aliphatic rings. The lowest BCUT2D eigenvalue weighted by Gasteiger charge is -2.10. The summed E-state index contributed by atoms with van der Waals surface area (Å²) >= 11 is 3.30. The number of amides is 1. The third kappa shape index (κ3) is 5.46. The molecule has 0 saturated carbocycles. The fourth-order valence-corrected chi connectivity index (χ4v) is 2.28. The second-order valence-corrected chi connectivity index (χ2v) is 5.77. The molecule has 6 heteroatoms. The first-order valence-corrected chi connectivity index (χ1v) is 8.70. The standard InChI is InChI=1S/C19H18BrNO4/c1-24-18-12-14(6-8-17(18)25-11-10-20)7-9-19(23)21-16-5-3-2-4-15(16)13-22/h2-9,12-13H,10-11H2,1H3,(H,21,23)/b9-7+. The van der Waals surface area contributed by atoms with Crippen molar-refractivity contribution < 1.29 is 19.1 Å². The highest BCUT2D eigenvalue weighted by molar-refractivity contribution is 9.09. The molecule has 1 amide bonds. The van der Waals surface area contributed by atoms with Crippen LogP contribution in [0, 0.1) is 0 Å². The van der Waals surface area contributed by atoms with Gasteiger partial charge in [0.15, 0.2) is 17.8 Å². The normalized spacial score (nSPS) is 10.5. The number of hydrogen-bond acceptors (Lipinski definition) is 4. The Morgan fingerprint density at radius 1 is 1.20 bits per heavy atom. The van der Waals surface area contributed by atoms with E-state index in [-0.39, 0.29) is 5.91 Å². The van der Waals surface area contributed by atoms with Crippen molar-refractivity contribution in [3.8, 4) is 11.5 Å². The predicted octanol–water partition coefficient (Wildman–Crippen LogP) is 3.93. The summed E-state index contributed by atoms with van der Waals surface area (Å²) in [6.45, 7) is 0.532. The van der Waals surface area contributed by atoms with E-state index < -0.39 is 0 Å². The molecule has 0 aliphatic heterocycles. The number of alkyl halides is 1. The molecule has 2 aromatic rings. The average Bonchev–Trinajstić information content (AvgIpc) is 2.65. The van der Waals surface area contributed by atoms with Crippen molar-refractivity contribution in [2.75, 3.05) is 24.4 Å². The average molecular weight is 404 g/mol. The Hall–Kier alpha value is -2.60. The van der Waals surface area contributed by atoms with Crippen molar-refractivity contribution in [2.24, 2.45) is 0 Å². The summed E-state index contributed by atoms with van der Waals surface area (Å²) in [7, 11) is 1.56. The van der Waals surface area contributed by atoms with E-state index in [9.17, 15) is 9.59 Å². The number of benzene rings is 2. The van der Waals surface area contributed by atoms with Crippen molar-refractivity contribution >= 4 is 39.9 Å². The van der Waals surface area contributed by atoms with Crippen LogP contribution in [0.5, 0.6) is 11.5 Å². The van der Waals surface area contributed by atoms with Crippen molar-refractivity contribution in [3.05, 3.63) is 59.7 Å². The van der Waals surface area contributed by atoms with Crippen LogP contribution in [0.2, 0.25) is 0 Å². The van der Waals surface area contributed by atoms with Crippen LogP contribution >= 0.6 is 15.9 Å². The van der Waals surface area contributed by atoms with Gasteiger partial charge in [0.25, 0.3) is 0 Å². The van der Waals surface area contributed by atoms with Crippen LogP contribution in [-0.4, -0.2) is 31.2 Å². The fraction of sp³-hybridized carbons (Fsp3) is 0.158. The summed E-state index contributed by atoms with van der Waals surface area (Å²) < 4.78 is 10.9. The maximum absolute atomic E-state index is 12.0. The number of para-hydroxylation sites is 1. The van der Waals surface area contributed by atoms with Crippen LogP contribution in [-0.2, 0) is 4.79 Å². The lowest BCUT2D eigenvalue weighted by molar-refractivity contribution is -0.111. The van der Waals surface area contributed by atoms with E-state index in [1.165, 1.54) is 6.08 Å². The van der Waals surface area contributed by atoms with E-state index in [0.717, 1.165) is 10.9 Å². The van der Waals surface area contributed by atoms with Gasteiger partial charge in [0, 0.05) is 17.0 Å². The summed E-state index contributed by atoms with van der Waals surface area (Å²) in [4.78, 5) is 23.0. The van der Waals surface area contributed by atoms with E-state index in [1.807, 2.05) is 6.07 Å². The van der Waals surface area contributed by atoms with Crippen LogP contribution in [0.1, 0.15) is 15.9 Å². The third-order valence-electron chi connectivity index (χ3n) is 3.30. The molecule has 130 valence electrons. The molecule has 0 radical (unpaired) electrons. The molecule has 0 saturated heterocycles. The Balaban J connectivity index is 2.07. The number of nitrogens with one attached hydrogen (secondary N) is 1. The van der Waals surface area contributed by atoms with E-state index >= 15 is 0 Å². The largest absolute Gasteiger partial charge is 0.493 e. The van der Waals surface area contributed by atoms with Gasteiger partial charge in [0.05, 0.1) is 19.4 Å². The molecule has 5 nitrogen and oxygen atoms in total. The minimum atomic E-state index is -0.326. The van der Waals surface area contributed by atoms with Crippen LogP contribution in [0.25, 0.3) is 6.08 Å². The van der Waals surface area contributed by atoms with Crippen molar-refractivity contribution in [2.45, 2.75) is 0 Å². The van der Waals surface area contributed by atoms with E-state index in [4.69, 9.17) is 9.47 Å². The van der Waals surface area contributed by atoms with Crippen LogP contribution in [0.15, 0.2) is 48.5 Å². The van der Waals surface area contributed by atoms with E-state index in [0.29, 0.717) is 35.6 Å². The van der Waals surface area contributed by atoms with Crippen LogP contribution < -0.4 is 14.8 Å². The Morgan fingerprint density at radius 3 is 2.72 bits per heavy atom. The Morgan fingerprint density at radius 2 is 2.00 bits per heavy atom. The second kappa shape index (κ2) is 9.64. The molecule has 2 aromatic carbocycles. The number of carbonyl (C=O) groups is 2. The predicted molar refractivity (Wildman–Crippen MR) is 102 cm³/mol. The number of halogens is 1. The van der Waals surface area contributed by atoms with Gasteiger partial charge in [-0.2, -0.15) is 0 Å². The van der Waals surface area contributed by atoms with E-state index in [1.54, 1.807) is 49.6 Å². The quantitative estimate of drug-likeness (QED) is 0.411. The first-order chi connectivity index (χ1) is 12.2. The van der Waals surface area contributed by atoms with Gasteiger partial charge < -0.3 is 14.8 Å². The highest BCUT2D eigenvalue weighted by Crippen LogP contribution is 2.28. The zero-order valence-electron chi connectivity index (χ0n) is 13.7. The summed E-state index contributed by atoms with van der Waals surface area (Å²) in [5.41, 5.74) is 1.70. The third-order valence-corrected chi connectivity index (χ3v) is 3.62. The van der Waals surface area contributed by atoms with E-state index in [2.05, 4.69) is 21.2 Å². The highest BCUT2D eigenvalue weighted by Gasteiger charge is 2.06. The Labute approximate surface area is 154 Å². The molecule has 0 heterocycles. The molecule has 2 rings (SSSR count). The minimum absolute atomic E-state index is 0.326. The topological polar surface area (TPSA) is 64.6 Å². The van der Waals surface area contributed by atoms with Gasteiger partial charge in [-0.1, -0.05) is 34.1 Å². The number of aldehydes is 1. The smallest absolute Gasteiger partial charge is 0.248 e. The van der Waals surface area contributed by atoms with Crippen molar-refractivity contribution in [3.63, 3.8) is 0 Å². The first-order valence-electron chi connectivity index (χ1n) is 7.58. The van der Waals surface area contributed by atoms with Gasteiger partial charge in [-0.3, -0.25) is 9.59 Å². The second-order valence-electron chi connectivity index (χ2n) is 4.98. The number of ether oxygens (including phenoxy) is 2. The molecule has 0 atom stereocenters. The maximum Gasteiger partial charge on any atom is 0.248 e. The molecule has 0 aliphatic carbocycles. The van der Waals surface area contributed by atoms with Gasteiger partial charge in [-0.15, -0.1) is 0 Å². The number of anilines is 1. The molecule has 25 heavy (non-hydrogen) atoms. The molecule has 0 aromatic heterocycles. The zero-order chi connectivity index (χ0) is 18.1. The molecule has 0 fully saturated rings. The molecule has 0 spiro atoms. The number of methoxy groups -OCH3 is 1. The zero-order valence-corrected chi connectivity index (χ0v) is 15.3. The summed E-state index contributed by atoms with van der Waals surface area (Å²) in [6, 6.07) is 12.2. The Bertz CT molecular complexity index is 774. The number of hydrogen-bond donors (Lipinski definition) is 1. The van der Waals surface area contributed by atoms with Crippen LogP contribution in [0.3, 0.4) is 0 Å². The number of carbonyl (C=O) groups excluding carboxylic acids is 2.